The van der Waals surface area contributed by atoms with Crippen molar-refractivity contribution in [3.63, 3.8) is 0 Å². The number of hydrogen-bond donors (Lipinski definition) is 0. The molecule has 0 aliphatic carbocycles. The second kappa shape index (κ2) is 5.28. The van der Waals surface area contributed by atoms with E-state index in [0.29, 0.717) is 12.2 Å². The number of thiazole rings is 1. The molecule has 1 saturated heterocycles. The Hall–Kier alpha value is -2.09. The quantitative estimate of drug-likeness (QED) is 0.797. The lowest BCUT2D eigenvalue weighted by Crippen LogP contribution is -2.32. The lowest BCUT2D eigenvalue weighted by molar-refractivity contribution is -0.141. The lowest BCUT2D eigenvalue weighted by atomic mass is 9.92. The van der Waals surface area contributed by atoms with Crippen LogP contribution in [0.4, 0.5) is 0 Å². The van der Waals surface area contributed by atoms with Gasteiger partial charge < -0.3 is 4.52 Å². The minimum Gasteiger partial charge on any atom is -0.337 e. The Bertz CT molecular complexity index is 734. The van der Waals surface area contributed by atoms with Gasteiger partial charge in [0.05, 0.1) is 16.6 Å². The van der Waals surface area contributed by atoms with E-state index in [1.807, 2.05) is 6.92 Å². The van der Waals surface area contributed by atoms with Crippen molar-refractivity contribution in [1.82, 2.24) is 20.0 Å². The van der Waals surface area contributed by atoms with Crippen LogP contribution in [-0.2, 0) is 22.6 Å². The van der Waals surface area contributed by atoms with E-state index < -0.39 is 5.41 Å². The molecule has 0 N–H and O–H groups in total. The van der Waals surface area contributed by atoms with Gasteiger partial charge in [0.2, 0.25) is 17.7 Å². The first kappa shape index (κ1) is 14.8. The second-order valence-corrected chi connectivity index (χ2v) is 6.93. The van der Waals surface area contributed by atoms with Gasteiger partial charge in [-0.05, 0) is 6.92 Å². The van der Waals surface area contributed by atoms with Gasteiger partial charge in [-0.1, -0.05) is 19.0 Å². The smallest absolute Gasteiger partial charge is 0.246 e. The summed E-state index contributed by atoms with van der Waals surface area (Å²) in [5.41, 5.74) is 2.07. The molecule has 116 valence electrons. The minimum absolute atomic E-state index is 0.0375. The van der Waals surface area contributed by atoms with E-state index in [4.69, 9.17) is 4.52 Å². The zero-order valence-corrected chi connectivity index (χ0v) is 13.4. The zero-order chi connectivity index (χ0) is 15.9. The first-order valence-electron chi connectivity index (χ1n) is 6.92. The van der Waals surface area contributed by atoms with Crippen molar-refractivity contribution in [3.8, 4) is 0 Å². The largest absolute Gasteiger partial charge is 0.337 e. The van der Waals surface area contributed by atoms with E-state index in [0.717, 1.165) is 10.6 Å². The van der Waals surface area contributed by atoms with Crippen molar-refractivity contribution in [2.75, 3.05) is 0 Å². The Kier molecular flexibility index (Phi) is 3.56. The molecular weight excluding hydrogens is 304 g/mol. The molecule has 0 aromatic carbocycles. The topological polar surface area (TPSA) is 89.2 Å². The van der Waals surface area contributed by atoms with Gasteiger partial charge in [0.1, 0.15) is 6.54 Å². The molecule has 3 rings (SSSR count). The van der Waals surface area contributed by atoms with Crippen molar-refractivity contribution < 1.29 is 14.1 Å². The molecular formula is C14H16N4O3S. The fraction of sp³-hybridized carbons (Fsp3) is 0.500. The Morgan fingerprint density at radius 3 is 2.77 bits per heavy atom. The molecule has 0 spiro atoms. The number of carbonyl (C=O) groups is 2. The number of rotatable bonds is 4. The standard InChI is InChI=1S/C14H16N4O3S/c1-8-9(22-7-15-8)4-10-16-11(21-17-10)6-18-12(19)5-14(2,3)13(18)20/h7H,4-6H2,1-3H3. The third kappa shape index (κ3) is 2.66. The van der Waals surface area contributed by atoms with Gasteiger partial charge in [-0.15, -0.1) is 11.3 Å². The average Bonchev–Trinajstić information content (AvgIpc) is 3.09. The highest BCUT2D eigenvalue weighted by Crippen LogP contribution is 2.32. The van der Waals surface area contributed by atoms with Gasteiger partial charge in [-0.2, -0.15) is 4.98 Å². The summed E-state index contributed by atoms with van der Waals surface area (Å²) in [6.07, 6.45) is 0.750. The summed E-state index contributed by atoms with van der Waals surface area (Å²) in [4.78, 5) is 34.8. The van der Waals surface area contributed by atoms with E-state index in [2.05, 4.69) is 15.1 Å². The van der Waals surface area contributed by atoms with Crippen molar-refractivity contribution in [2.45, 2.75) is 40.2 Å². The maximum atomic E-state index is 12.2. The van der Waals surface area contributed by atoms with E-state index in [9.17, 15) is 9.59 Å². The van der Waals surface area contributed by atoms with Crippen molar-refractivity contribution >= 4 is 23.2 Å². The molecule has 1 aliphatic rings. The van der Waals surface area contributed by atoms with Crippen molar-refractivity contribution in [1.29, 1.82) is 0 Å². The number of carbonyl (C=O) groups excluding carboxylic acids is 2. The normalized spacial score (nSPS) is 17.5. The molecule has 0 atom stereocenters. The number of imide groups is 1. The molecule has 2 aromatic rings. The van der Waals surface area contributed by atoms with Gasteiger partial charge in [-0.25, -0.2) is 4.98 Å². The van der Waals surface area contributed by atoms with Crippen LogP contribution in [-0.4, -0.2) is 31.8 Å². The highest BCUT2D eigenvalue weighted by molar-refractivity contribution is 7.09. The molecule has 0 unspecified atom stereocenters. The summed E-state index contributed by atoms with van der Waals surface area (Å²) in [6.45, 7) is 5.49. The van der Waals surface area contributed by atoms with Gasteiger partial charge in [-0.3, -0.25) is 14.5 Å². The number of nitrogens with zero attached hydrogens (tertiary/aromatic N) is 4. The van der Waals surface area contributed by atoms with E-state index >= 15 is 0 Å². The van der Waals surface area contributed by atoms with Crippen LogP contribution in [0.2, 0.25) is 0 Å². The summed E-state index contributed by atoms with van der Waals surface area (Å²) in [5.74, 6) is 0.404. The van der Waals surface area contributed by atoms with Gasteiger partial charge >= 0.3 is 0 Å². The Labute approximate surface area is 131 Å². The Balaban J connectivity index is 1.71. The van der Waals surface area contributed by atoms with Crippen LogP contribution in [0.25, 0.3) is 0 Å². The summed E-state index contributed by atoms with van der Waals surface area (Å²) in [7, 11) is 0. The fourth-order valence-corrected chi connectivity index (χ4v) is 3.16. The summed E-state index contributed by atoms with van der Waals surface area (Å²) < 4.78 is 5.16. The number of amides is 2. The van der Waals surface area contributed by atoms with Crippen LogP contribution >= 0.6 is 11.3 Å². The van der Waals surface area contributed by atoms with Gasteiger partial charge in [0.15, 0.2) is 5.82 Å². The first-order chi connectivity index (χ1) is 10.4. The monoisotopic (exact) mass is 320 g/mol. The highest BCUT2D eigenvalue weighted by Gasteiger charge is 2.45. The molecule has 22 heavy (non-hydrogen) atoms. The van der Waals surface area contributed by atoms with Crippen LogP contribution in [0.1, 0.15) is 42.6 Å². The molecule has 8 heteroatoms. The molecule has 1 fully saturated rings. The molecule has 1 aliphatic heterocycles. The van der Waals surface area contributed by atoms with Gasteiger partial charge in [0.25, 0.3) is 0 Å². The maximum absolute atomic E-state index is 12.2. The molecule has 3 heterocycles. The van der Waals surface area contributed by atoms with Gasteiger partial charge in [0, 0.05) is 17.7 Å². The van der Waals surface area contributed by atoms with Crippen LogP contribution in [0.3, 0.4) is 0 Å². The van der Waals surface area contributed by atoms with Crippen LogP contribution in [0.15, 0.2) is 10.0 Å². The van der Waals surface area contributed by atoms with Crippen molar-refractivity contribution in [3.05, 3.63) is 27.8 Å². The third-order valence-electron chi connectivity index (χ3n) is 3.69. The number of aryl methyl sites for hydroxylation is 1. The molecule has 2 aromatic heterocycles. The van der Waals surface area contributed by atoms with E-state index in [-0.39, 0.29) is 30.7 Å². The fourth-order valence-electron chi connectivity index (χ4n) is 2.39. The number of aromatic nitrogens is 3. The van der Waals surface area contributed by atoms with Crippen LogP contribution < -0.4 is 0 Å². The molecule has 0 bridgehead atoms. The van der Waals surface area contributed by atoms with E-state index in [1.54, 1.807) is 19.4 Å². The van der Waals surface area contributed by atoms with Crippen LogP contribution in [0.5, 0.6) is 0 Å². The molecule has 2 amide bonds. The second-order valence-electron chi connectivity index (χ2n) is 5.99. The van der Waals surface area contributed by atoms with Crippen molar-refractivity contribution in [2.24, 2.45) is 5.41 Å². The number of hydrogen-bond acceptors (Lipinski definition) is 7. The van der Waals surface area contributed by atoms with E-state index in [1.165, 1.54) is 16.2 Å². The molecule has 0 saturated carbocycles. The molecule has 0 radical (unpaired) electrons. The highest BCUT2D eigenvalue weighted by atomic mass is 32.1. The summed E-state index contributed by atoms with van der Waals surface area (Å²) in [5, 5.41) is 3.90. The summed E-state index contributed by atoms with van der Waals surface area (Å²) >= 11 is 1.54. The zero-order valence-electron chi connectivity index (χ0n) is 12.6. The predicted octanol–water partition coefficient (Wildman–Crippen LogP) is 1.71. The molecule has 7 nitrogen and oxygen atoms in total. The third-order valence-corrected chi connectivity index (χ3v) is 4.62. The summed E-state index contributed by atoms with van der Waals surface area (Å²) in [6, 6.07) is 0. The lowest BCUT2D eigenvalue weighted by Gasteiger charge is -2.15. The average molecular weight is 320 g/mol. The SMILES string of the molecule is Cc1ncsc1Cc1noc(CN2C(=O)CC(C)(C)C2=O)n1. The first-order valence-corrected chi connectivity index (χ1v) is 7.80. The van der Waals surface area contributed by atoms with Crippen LogP contribution in [0, 0.1) is 12.3 Å². The maximum Gasteiger partial charge on any atom is 0.246 e. The minimum atomic E-state index is -0.653. The Morgan fingerprint density at radius 2 is 2.18 bits per heavy atom. The Morgan fingerprint density at radius 1 is 1.41 bits per heavy atom. The number of likely N-dealkylation sites (tertiary alicyclic amines) is 1. The predicted molar refractivity (Wildman–Crippen MR) is 77.9 cm³/mol.